The van der Waals surface area contributed by atoms with E-state index < -0.39 is 0 Å². The maximum atomic E-state index is 11.8. The maximum absolute atomic E-state index is 11.8. The number of aromatic nitrogens is 1. The molecule has 0 unspecified atom stereocenters. The van der Waals surface area contributed by atoms with E-state index in [4.69, 9.17) is 0 Å². The Labute approximate surface area is 162 Å². The minimum Gasteiger partial charge on any atom is -0.282 e. The van der Waals surface area contributed by atoms with Crippen LogP contribution in [0.15, 0.2) is 65.7 Å². The summed E-state index contributed by atoms with van der Waals surface area (Å²) >= 11 is 2.67. The lowest BCUT2D eigenvalue weighted by atomic mass is 10.0. The van der Waals surface area contributed by atoms with Gasteiger partial charge in [-0.05, 0) is 59.1 Å². The van der Waals surface area contributed by atoms with E-state index in [1.165, 1.54) is 15.0 Å². The smallest absolute Gasteiger partial charge is 0.282 e. The van der Waals surface area contributed by atoms with Gasteiger partial charge in [-0.25, -0.2) is 0 Å². The minimum absolute atomic E-state index is 0.334. The van der Waals surface area contributed by atoms with E-state index >= 15 is 0 Å². The number of rotatable bonds is 2. The molecule has 6 heteroatoms. The summed E-state index contributed by atoms with van der Waals surface area (Å²) in [6.45, 7) is 0. The number of thiophene rings is 1. The van der Waals surface area contributed by atoms with Crippen molar-refractivity contribution in [2.75, 3.05) is 0 Å². The SMILES string of the molecule is O=C1NC(=O)C(=Cc2ccc3nccc(-c4cc5ccccc5s4)c3c2)S1. The summed E-state index contributed by atoms with van der Waals surface area (Å²) in [7, 11) is 0. The molecule has 0 saturated carbocycles. The molecule has 130 valence electrons. The Morgan fingerprint density at radius 3 is 2.70 bits per heavy atom. The molecule has 27 heavy (non-hydrogen) atoms. The first kappa shape index (κ1) is 16.2. The van der Waals surface area contributed by atoms with Crippen LogP contribution in [0.3, 0.4) is 0 Å². The lowest BCUT2D eigenvalue weighted by molar-refractivity contribution is -0.115. The van der Waals surface area contributed by atoms with Crippen molar-refractivity contribution in [3.63, 3.8) is 0 Å². The van der Waals surface area contributed by atoms with Crippen LogP contribution >= 0.6 is 23.1 Å². The van der Waals surface area contributed by atoms with Gasteiger partial charge in [0.25, 0.3) is 11.1 Å². The Kier molecular flexibility index (Phi) is 3.81. The van der Waals surface area contributed by atoms with E-state index in [1.807, 2.05) is 42.6 Å². The van der Waals surface area contributed by atoms with E-state index in [9.17, 15) is 9.59 Å². The number of hydrogen-bond acceptors (Lipinski definition) is 5. The maximum Gasteiger partial charge on any atom is 0.290 e. The number of fused-ring (bicyclic) bond motifs is 2. The van der Waals surface area contributed by atoms with Gasteiger partial charge in [0.2, 0.25) is 0 Å². The topological polar surface area (TPSA) is 59.1 Å². The lowest BCUT2D eigenvalue weighted by Gasteiger charge is -2.05. The van der Waals surface area contributed by atoms with E-state index in [1.54, 1.807) is 17.4 Å². The van der Waals surface area contributed by atoms with Crippen molar-refractivity contribution >= 4 is 61.3 Å². The van der Waals surface area contributed by atoms with Gasteiger partial charge in [0.05, 0.1) is 10.4 Å². The Morgan fingerprint density at radius 2 is 1.89 bits per heavy atom. The van der Waals surface area contributed by atoms with Crippen molar-refractivity contribution < 1.29 is 9.59 Å². The number of amides is 2. The third kappa shape index (κ3) is 2.93. The van der Waals surface area contributed by atoms with E-state index in [0.29, 0.717) is 4.91 Å². The van der Waals surface area contributed by atoms with Crippen LogP contribution < -0.4 is 5.32 Å². The summed E-state index contributed by atoms with van der Waals surface area (Å²) < 4.78 is 1.24. The number of nitrogens with one attached hydrogen (secondary N) is 1. The van der Waals surface area contributed by atoms with E-state index in [0.717, 1.165) is 33.8 Å². The molecule has 0 bridgehead atoms. The van der Waals surface area contributed by atoms with Crippen LogP contribution in [-0.4, -0.2) is 16.1 Å². The number of benzene rings is 2. The lowest BCUT2D eigenvalue weighted by Crippen LogP contribution is -2.17. The zero-order valence-electron chi connectivity index (χ0n) is 13.9. The van der Waals surface area contributed by atoms with Crippen LogP contribution in [0, 0.1) is 0 Å². The Morgan fingerprint density at radius 1 is 1.00 bits per heavy atom. The zero-order chi connectivity index (χ0) is 18.4. The first-order valence-electron chi connectivity index (χ1n) is 8.30. The van der Waals surface area contributed by atoms with Crippen molar-refractivity contribution in [1.29, 1.82) is 0 Å². The van der Waals surface area contributed by atoms with Crippen LogP contribution in [-0.2, 0) is 4.79 Å². The third-order valence-electron chi connectivity index (χ3n) is 4.40. The van der Waals surface area contributed by atoms with Crippen molar-refractivity contribution in [2.24, 2.45) is 0 Å². The van der Waals surface area contributed by atoms with Crippen LogP contribution in [0.5, 0.6) is 0 Å². The number of hydrogen-bond donors (Lipinski definition) is 1. The summed E-state index contributed by atoms with van der Waals surface area (Å²) in [4.78, 5) is 29.2. The first-order valence-corrected chi connectivity index (χ1v) is 9.93. The van der Waals surface area contributed by atoms with Crippen LogP contribution in [0.25, 0.3) is 37.5 Å². The average Bonchev–Trinajstić information content (AvgIpc) is 3.23. The molecule has 5 rings (SSSR count). The predicted octanol–water partition coefficient (Wildman–Crippen LogP) is 5.44. The fourth-order valence-electron chi connectivity index (χ4n) is 3.16. The number of nitrogens with zero attached hydrogens (tertiary/aromatic N) is 1. The summed E-state index contributed by atoms with van der Waals surface area (Å²) in [5.41, 5.74) is 2.87. The average molecular weight is 388 g/mol. The van der Waals surface area contributed by atoms with Gasteiger partial charge < -0.3 is 0 Å². The van der Waals surface area contributed by atoms with Crippen LogP contribution in [0.1, 0.15) is 5.56 Å². The third-order valence-corrected chi connectivity index (χ3v) is 6.36. The molecular weight excluding hydrogens is 376 g/mol. The van der Waals surface area contributed by atoms with Crippen molar-refractivity contribution in [1.82, 2.24) is 10.3 Å². The Hall–Kier alpha value is -2.96. The summed E-state index contributed by atoms with van der Waals surface area (Å²) in [6.07, 6.45) is 3.56. The molecule has 1 aliphatic rings. The highest BCUT2D eigenvalue weighted by Gasteiger charge is 2.25. The van der Waals surface area contributed by atoms with Gasteiger partial charge in [0.15, 0.2) is 0 Å². The second-order valence-electron chi connectivity index (χ2n) is 6.14. The monoisotopic (exact) mass is 388 g/mol. The normalized spacial score (nSPS) is 15.8. The van der Waals surface area contributed by atoms with Gasteiger partial charge in [0, 0.05) is 26.7 Å². The largest absolute Gasteiger partial charge is 0.290 e. The summed E-state index contributed by atoms with van der Waals surface area (Å²) in [5.74, 6) is -0.346. The van der Waals surface area contributed by atoms with Gasteiger partial charge in [-0.3, -0.25) is 19.9 Å². The number of carbonyl (C=O) groups is 2. The molecule has 4 aromatic rings. The molecule has 0 radical (unpaired) electrons. The zero-order valence-corrected chi connectivity index (χ0v) is 15.6. The minimum atomic E-state index is -0.346. The molecule has 0 aliphatic carbocycles. The molecule has 2 aromatic carbocycles. The van der Waals surface area contributed by atoms with Crippen molar-refractivity contribution in [2.45, 2.75) is 0 Å². The summed E-state index contributed by atoms with van der Waals surface area (Å²) in [5, 5.41) is 4.19. The fraction of sp³-hybridized carbons (Fsp3) is 0. The van der Waals surface area contributed by atoms with Crippen molar-refractivity contribution in [3.8, 4) is 10.4 Å². The van der Waals surface area contributed by atoms with Gasteiger partial charge in [-0.15, -0.1) is 11.3 Å². The molecule has 3 heterocycles. The highest BCUT2D eigenvalue weighted by atomic mass is 32.2. The van der Waals surface area contributed by atoms with Crippen LogP contribution in [0.4, 0.5) is 4.79 Å². The fourth-order valence-corrected chi connectivity index (χ4v) is 4.94. The molecule has 4 nitrogen and oxygen atoms in total. The predicted molar refractivity (Wildman–Crippen MR) is 112 cm³/mol. The number of thioether (sulfide) groups is 1. The first-order chi connectivity index (χ1) is 13.2. The molecule has 2 aromatic heterocycles. The van der Waals surface area contributed by atoms with Gasteiger partial charge in [-0.2, -0.15) is 0 Å². The molecule has 0 spiro atoms. The molecule has 1 aliphatic heterocycles. The second-order valence-corrected chi connectivity index (χ2v) is 8.23. The quantitative estimate of drug-likeness (QED) is 0.465. The molecule has 2 amide bonds. The molecular formula is C21H12N2O2S2. The van der Waals surface area contributed by atoms with Crippen molar-refractivity contribution in [3.05, 3.63) is 71.3 Å². The Bertz CT molecular complexity index is 1240. The van der Waals surface area contributed by atoms with E-state index in [2.05, 4.69) is 28.5 Å². The molecule has 1 saturated heterocycles. The number of carbonyl (C=O) groups excluding carboxylic acids is 2. The molecule has 0 atom stereocenters. The standard InChI is InChI=1S/C21H12N2O2S2/c24-20-19(27-21(25)23-20)10-12-5-6-16-15(9-12)14(7-8-22-16)18-11-13-3-1-2-4-17(13)26-18/h1-11H,(H,23,24,25). The highest BCUT2D eigenvalue weighted by Crippen LogP contribution is 2.37. The number of pyridine rings is 1. The van der Waals surface area contributed by atoms with Gasteiger partial charge in [-0.1, -0.05) is 24.3 Å². The van der Waals surface area contributed by atoms with E-state index in [-0.39, 0.29) is 11.1 Å². The molecule has 1 fully saturated rings. The van der Waals surface area contributed by atoms with Crippen LogP contribution in [0.2, 0.25) is 0 Å². The highest BCUT2D eigenvalue weighted by molar-refractivity contribution is 8.18. The summed E-state index contributed by atoms with van der Waals surface area (Å²) in [6, 6.07) is 18.4. The van der Waals surface area contributed by atoms with Gasteiger partial charge in [0.1, 0.15) is 0 Å². The number of imide groups is 1. The molecule has 1 N–H and O–H groups in total. The van der Waals surface area contributed by atoms with Gasteiger partial charge >= 0.3 is 0 Å². The Balaban J connectivity index is 1.66. The second kappa shape index (κ2) is 6.33.